The van der Waals surface area contributed by atoms with Crippen molar-refractivity contribution in [2.75, 3.05) is 5.32 Å². The summed E-state index contributed by atoms with van der Waals surface area (Å²) in [6.45, 7) is 8.14. The monoisotopic (exact) mass is 412 g/mol. The van der Waals surface area contributed by atoms with Crippen LogP contribution < -0.4 is 10.9 Å². The first-order chi connectivity index (χ1) is 14.2. The predicted octanol–water partition coefficient (Wildman–Crippen LogP) is 4.75. The van der Waals surface area contributed by atoms with Crippen LogP contribution in [0.1, 0.15) is 92.3 Å². The summed E-state index contributed by atoms with van der Waals surface area (Å²) in [5, 5.41) is 6.86. The first kappa shape index (κ1) is 20.7. The molecule has 0 atom stereocenters. The van der Waals surface area contributed by atoms with Crippen LogP contribution in [0.3, 0.4) is 0 Å². The lowest BCUT2D eigenvalue weighted by atomic mass is 9.89. The van der Waals surface area contributed by atoms with E-state index < -0.39 is 5.91 Å². The Hall–Kier alpha value is -2.57. The molecular formula is C23H32N4O3. The Morgan fingerprint density at radius 1 is 1.23 bits per heavy atom. The van der Waals surface area contributed by atoms with Crippen molar-refractivity contribution >= 4 is 17.2 Å². The van der Waals surface area contributed by atoms with Crippen LogP contribution in [0.4, 0.5) is 5.69 Å². The van der Waals surface area contributed by atoms with E-state index in [4.69, 9.17) is 4.52 Å². The van der Waals surface area contributed by atoms with Crippen LogP contribution >= 0.6 is 0 Å². The van der Waals surface area contributed by atoms with Gasteiger partial charge >= 0.3 is 0 Å². The molecule has 1 saturated carbocycles. The highest BCUT2D eigenvalue weighted by Crippen LogP contribution is 2.42. The molecule has 0 radical (unpaired) electrons. The summed E-state index contributed by atoms with van der Waals surface area (Å²) in [6, 6.07) is 0.193. The van der Waals surface area contributed by atoms with Gasteiger partial charge in [-0.1, -0.05) is 44.3 Å². The molecule has 1 amide bonds. The Labute approximate surface area is 177 Å². The Morgan fingerprint density at radius 3 is 2.57 bits per heavy atom. The van der Waals surface area contributed by atoms with Crippen molar-refractivity contribution in [3.63, 3.8) is 0 Å². The first-order valence-electron chi connectivity index (χ1n) is 10.9. The number of hydrogen-bond acceptors (Lipinski definition) is 4. The maximum absolute atomic E-state index is 13.1. The van der Waals surface area contributed by atoms with Gasteiger partial charge in [0.15, 0.2) is 11.5 Å². The number of nitrogens with one attached hydrogen (secondary N) is 1. The molecule has 2 aromatic rings. The molecule has 7 heteroatoms. The van der Waals surface area contributed by atoms with Gasteiger partial charge in [-0.05, 0) is 50.5 Å². The van der Waals surface area contributed by atoms with Crippen molar-refractivity contribution in [1.29, 1.82) is 0 Å². The third kappa shape index (κ3) is 3.55. The summed E-state index contributed by atoms with van der Waals surface area (Å²) in [5.41, 5.74) is 3.19. The number of nitrogens with zero attached hydrogens (tertiary/aromatic N) is 3. The second-order valence-corrected chi connectivity index (χ2v) is 9.64. The molecule has 0 spiro atoms. The fraction of sp³-hybridized carbons (Fsp3) is 0.609. The molecule has 30 heavy (non-hydrogen) atoms. The van der Waals surface area contributed by atoms with Crippen molar-refractivity contribution in [3.05, 3.63) is 39.1 Å². The molecule has 7 nitrogen and oxygen atoms in total. The van der Waals surface area contributed by atoms with Gasteiger partial charge in [-0.3, -0.25) is 14.3 Å². The van der Waals surface area contributed by atoms with Gasteiger partial charge in [0.25, 0.3) is 11.5 Å². The standard InChI is InChI=1S/C23H32N4O3/c1-14-18(25-30-20(14)16-11-12-23(3,4)13-16)21(28)24-19-15(2)26(5)27(22(19)29)17-9-7-6-8-10-17/h11,17H,6-10,12-13H2,1-5H3,(H,24,28). The molecule has 162 valence electrons. The van der Waals surface area contributed by atoms with Gasteiger partial charge in [-0.15, -0.1) is 0 Å². The average molecular weight is 413 g/mol. The minimum atomic E-state index is -0.401. The van der Waals surface area contributed by atoms with Crippen molar-refractivity contribution in [1.82, 2.24) is 14.5 Å². The largest absolute Gasteiger partial charge is 0.356 e. The van der Waals surface area contributed by atoms with Crippen molar-refractivity contribution in [3.8, 4) is 0 Å². The van der Waals surface area contributed by atoms with Gasteiger partial charge in [0.2, 0.25) is 0 Å². The Morgan fingerprint density at radius 2 is 1.93 bits per heavy atom. The highest BCUT2D eigenvalue weighted by Gasteiger charge is 2.31. The number of amides is 1. The van der Waals surface area contributed by atoms with E-state index in [0.29, 0.717) is 11.4 Å². The zero-order valence-corrected chi connectivity index (χ0v) is 18.7. The lowest BCUT2D eigenvalue weighted by Gasteiger charge is -2.24. The second kappa shape index (κ2) is 7.60. The van der Waals surface area contributed by atoms with E-state index in [9.17, 15) is 9.59 Å². The molecule has 0 bridgehead atoms. The van der Waals surface area contributed by atoms with Crippen LogP contribution in [0.15, 0.2) is 15.4 Å². The van der Waals surface area contributed by atoms with Crippen molar-refractivity contribution in [2.24, 2.45) is 12.5 Å². The fourth-order valence-electron chi connectivity index (χ4n) is 4.86. The van der Waals surface area contributed by atoms with Crippen LogP contribution in [-0.2, 0) is 7.05 Å². The molecule has 4 rings (SSSR count). The number of carbonyl (C=O) groups is 1. The summed E-state index contributed by atoms with van der Waals surface area (Å²) in [7, 11) is 1.88. The third-order valence-corrected chi connectivity index (χ3v) is 6.75. The van der Waals surface area contributed by atoms with Gasteiger partial charge in [0, 0.05) is 12.6 Å². The van der Waals surface area contributed by atoms with E-state index in [2.05, 4.69) is 30.4 Å². The number of carbonyl (C=O) groups excluding carboxylic acids is 1. The molecule has 0 aliphatic heterocycles. The fourth-order valence-corrected chi connectivity index (χ4v) is 4.86. The molecule has 0 aromatic carbocycles. The smallest absolute Gasteiger partial charge is 0.291 e. The van der Waals surface area contributed by atoms with Crippen LogP contribution in [0, 0.1) is 19.3 Å². The SMILES string of the molecule is Cc1c(C(=O)Nc2c(C)n(C)n(C3CCCCC3)c2=O)noc1C1=CCC(C)(C)C1. The molecule has 0 unspecified atom stereocenters. The van der Waals surface area contributed by atoms with Gasteiger partial charge in [-0.25, -0.2) is 4.68 Å². The zero-order valence-electron chi connectivity index (χ0n) is 18.7. The Balaban J connectivity index is 1.59. The first-order valence-corrected chi connectivity index (χ1v) is 10.9. The Bertz CT molecular complexity index is 1060. The molecule has 0 saturated heterocycles. The summed E-state index contributed by atoms with van der Waals surface area (Å²) >= 11 is 0. The average Bonchev–Trinajstić information content (AvgIpc) is 3.33. The normalized spacial score (nSPS) is 19.2. The molecule has 1 N–H and O–H groups in total. The van der Waals surface area contributed by atoms with Crippen LogP contribution in [-0.4, -0.2) is 20.4 Å². The van der Waals surface area contributed by atoms with Crippen molar-refractivity contribution < 1.29 is 9.32 Å². The number of allylic oxidation sites excluding steroid dienone is 2. The van der Waals surface area contributed by atoms with E-state index in [0.717, 1.165) is 55.4 Å². The molecule has 1 fully saturated rings. The topological polar surface area (TPSA) is 82.1 Å². The van der Waals surface area contributed by atoms with Gasteiger partial charge in [0.05, 0.1) is 11.7 Å². The molecular weight excluding hydrogens is 380 g/mol. The molecule has 2 aliphatic carbocycles. The summed E-state index contributed by atoms with van der Waals surface area (Å²) in [4.78, 5) is 26.1. The number of anilines is 1. The predicted molar refractivity (Wildman–Crippen MR) is 117 cm³/mol. The highest BCUT2D eigenvalue weighted by atomic mass is 16.5. The Kier molecular flexibility index (Phi) is 5.24. The van der Waals surface area contributed by atoms with E-state index in [1.165, 1.54) is 6.42 Å². The molecule has 2 aromatic heterocycles. The lowest BCUT2D eigenvalue weighted by molar-refractivity contribution is 0.101. The maximum Gasteiger partial charge on any atom is 0.291 e. The van der Waals surface area contributed by atoms with Crippen molar-refractivity contribution in [2.45, 2.75) is 78.7 Å². The summed E-state index contributed by atoms with van der Waals surface area (Å²) < 4.78 is 9.23. The van der Waals surface area contributed by atoms with E-state index >= 15 is 0 Å². The zero-order chi connectivity index (χ0) is 21.6. The third-order valence-electron chi connectivity index (χ3n) is 6.75. The molecule has 2 heterocycles. The van der Waals surface area contributed by atoms with Crippen LogP contribution in [0.5, 0.6) is 0 Å². The van der Waals surface area contributed by atoms with E-state index in [1.54, 1.807) is 4.68 Å². The van der Waals surface area contributed by atoms with Gasteiger partial charge in [0.1, 0.15) is 5.69 Å². The van der Waals surface area contributed by atoms with Crippen LogP contribution in [0.25, 0.3) is 5.57 Å². The summed E-state index contributed by atoms with van der Waals surface area (Å²) in [5.74, 6) is 0.275. The summed E-state index contributed by atoms with van der Waals surface area (Å²) in [6.07, 6.45) is 9.54. The van der Waals surface area contributed by atoms with Gasteiger partial charge < -0.3 is 9.84 Å². The number of rotatable bonds is 4. The quantitative estimate of drug-likeness (QED) is 0.785. The molecule has 2 aliphatic rings. The number of aromatic nitrogens is 3. The lowest BCUT2D eigenvalue weighted by Crippen LogP contribution is -2.29. The second-order valence-electron chi connectivity index (χ2n) is 9.64. The highest BCUT2D eigenvalue weighted by molar-refractivity contribution is 6.04. The van der Waals surface area contributed by atoms with Crippen LogP contribution in [0.2, 0.25) is 0 Å². The minimum Gasteiger partial charge on any atom is -0.356 e. The maximum atomic E-state index is 13.1. The van der Waals surface area contributed by atoms with Gasteiger partial charge in [-0.2, -0.15) is 0 Å². The van der Waals surface area contributed by atoms with E-state index in [-0.39, 0.29) is 22.7 Å². The minimum absolute atomic E-state index is 0.142. The number of hydrogen-bond donors (Lipinski definition) is 1. The van der Waals surface area contributed by atoms with E-state index in [1.807, 2.05) is 25.6 Å².